The number of hydrogen-bond donors (Lipinski definition) is 2. The lowest BCUT2D eigenvalue weighted by Gasteiger charge is -2.26. The molecule has 1 aromatic rings. The molecule has 2 rings (SSSR count). The summed E-state index contributed by atoms with van der Waals surface area (Å²) in [7, 11) is 0. The molecular weight excluding hydrogens is 262 g/mol. The molecule has 0 atom stereocenters. The van der Waals surface area contributed by atoms with Gasteiger partial charge in [0.25, 0.3) is 0 Å². The van der Waals surface area contributed by atoms with Gasteiger partial charge in [-0.05, 0) is 50.5 Å². The second-order valence-corrected chi connectivity index (χ2v) is 6.12. The van der Waals surface area contributed by atoms with E-state index in [-0.39, 0.29) is 18.1 Å². The average molecular weight is 289 g/mol. The fraction of sp³-hybridized carbons (Fsp3) is 0.611. The van der Waals surface area contributed by atoms with Crippen LogP contribution in [0.2, 0.25) is 0 Å². The highest BCUT2D eigenvalue weighted by molar-refractivity contribution is 5.76. The molecule has 0 unspecified atom stereocenters. The number of amides is 1. The van der Waals surface area contributed by atoms with Crippen molar-refractivity contribution < 1.29 is 9.90 Å². The molecule has 0 heterocycles. The van der Waals surface area contributed by atoms with E-state index in [0.29, 0.717) is 6.42 Å². The summed E-state index contributed by atoms with van der Waals surface area (Å²) in [5.41, 5.74) is 1.38. The van der Waals surface area contributed by atoms with Crippen LogP contribution in [0.25, 0.3) is 0 Å². The number of unbranched alkanes of at least 4 members (excludes halogenated alkanes) is 2. The van der Waals surface area contributed by atoms with Gasteiger partial charge in [0.15, 0.2) is 0 Å². The van der Waals surface area contributed by atoms with Crippen molar-refractivity contribution in [3.8, 4) is 0 Å². The van der Waals surface area contributed by atoms with E-state index in [1.54, 1.807) is 0 Å². The van der Waals surface area contributed by atoms with Gasteiger partial charge in [0.2, 0.25) is 5.91 Å². The average Bonchev–Trinajstić information content (AvgIpc) is 2.50. The third kappa shape index (κ3) is 6.30. The largest absolute Gasteiger partial charge is 0.393 e. The topological polar surface area (TPSA) is 49.3 Å². The molecule has 1 aliphatic carbocycles. The molecular formula is C18H27NO2. The SMILES string of the molecule is O=C(CCCCCc1ccccc1)NC1CCC(O)CC1. The molecule has 2 N–H and O–H groups in total. The Kier molecular flexibility index (Phi) is 6.74. The van der Waals surface area contributed by atoms with Gasteiger partial charge in [-0.1, -0.05) is 36.8 Å². The van der Waals surface area contributed by atoms with E-state index in [4.69, 9.17) is 0 Å². The minimum absolute atomic E-state index is 0.156. The predicted octanol–water partition coefficient (Wildman–Crippen LogP) is 3.21. The second-order valence-electron chi connectivity index (χ2n) is 6.12. The second kappa shape index (κ2) is 8.83. The van der Waals surface area contributed by atoms with Crippen molar-refractivity contribution in [2.24, 2.45) is 0 Å². The highest BCUT2D eigenvalue weighted by Crippen LogP contribution is 2.18. The molecule has 0 spiro atoms. The highest BCUT2D eigenvalue weighted by atomic mass is 16.3. The fourth-order valence-corrected chi connectivity index (χ4v) is 2.96. The van der Waals surface area contributed by atoms with E-state index in [1.807, 2.05) is 6.07 Å². The van der Waals surface area contributed by atoms with E-state index in [9.17, 15) is 9.90 Å². The Morgan fingerprint density at radius 2 is 1.76 bits per heavy atom. The Morgan fingerprint density at radius 3 is 2.48 bits per heavy atom. The van der Waals surface area contributed by atoms with E-state index in [1.165, 1.54) is 5.56 Å². The van der Waals surface area contributed by atoms with Crippen LogP contribution in [0.1, 0.15) is 56.9 Å². The first-order valence-electron chi connectivity index (χ1n) is 8.25. The molecule has 1 aliphatic rings. The minimum Gasteiger partial charge on any atom is -0.393 e. The Labute approximate surface area is 127 Å². The van der Waals surface area contributed by atoms with Gasteiger partial charge in [-0.2, -0.15) is 0 Å². The maximum Gasteiger partial charge on any atom is 0.220 e. The van der Waals surface area contributed by atoms with Crippen molar-refractivity contribution in [1.29, 1.82) is 0 Å². The van der Waals surface area contributed by atoms with Crippen molar-refractivity contribution in [3.63, 3.8) is 0 Å². The van der Waals surface area contributed by atoms with Crippen LogP contribution in [0, 0.1) is 0 Å². The van der Waals surface area contributed by atoms with Crippen molar-refractivity contribution in [2.75, 3.05) is 0 Å². The normalized spacial score (nSPS) is 22.0. The summed E-state index contributed by atoms with van der Waals surface area (Å²) >= 11 is 0. The number of hydrogen-bond acceptors (Lipinski definition) is 2. The third-order valence-corrected chi connectivity index (χ3v) is 4.27. The first-order valence-corrected chi connectivity index (χ1v) is 8.25. The number of nitrogens with one attached hydrogen (secondary N) is 1. The highest BCUT2D eigenvalue weighted by Gasteiger charge is 2.20. The number of aliphatic hydroxyl groups is 1. The molecule has 21 heavy (non-hydrogen) atoms. The van der Waals surface area contributed by atoms with Gasteiger partial charge in [0.1, 0.15) is 0 Å². The number of benzene rings is 1. The van der Waals surface area contributed by atoms with E-state index < -0.39 is 0 Å². The lowest BCUT2D eigenvalue weighted by atomic mass is 9.93. The zero-order valence-electron chi connectivity index (χ0n) is 12.8. The molecule has 0 radical (unpaired) electrons. The molecule has 1 amide bonds. The fourth-order valence-electron chi connectivity index (χ4n) is 2.96. The summed E-state index contributed by atoms with van der Waals surface area (Å²) in [5.74, 6) is 0.177. The summed E-state index contributed by atoms with van der Waals surface area (Å²) in [6, 6.07) is 10.8. The number of carbonyl (C=O) groups excluding carboxylic acids is 1. The van der Waals surface area contributed by atoms with Crippen molar-refractivity contribution >= 4 is 5.91 Å². The molecule has 1 aromatic carbocycles. The monoisotopic (exact) mass is 289 g/mol. The van der Waals surface area contributed by atoms with Gasteiger partial charge < -0.3 is 10.4 Å². The van der Waals surface area contributed by atoms with Crippen LogP contribution in [0.3, 0.4) is 0 Å². The number of aliphatic hydroxyl groups excluding tert-OH is 1. The quantitative estimate of drug-likeness (QED) is 0.757. The molecule has 3 nitrogen and oxygen atoms in total. The van der Waals surface area contributed by atoms with Crippen molar-refractivity contribution in [2.45, 2.75) is 69.9 Å². The van der Waals surface area contributed by atoms with Crippen molar-refractivity contribution in [1.82, 2.24) is 5.32 Å². The van der Waals surface area contributed by atoms with E-state index >= 15 is 0 Å². The zero-order valence-corrected chi connectivity index (χ0v) is 12.8. The summed E-state index contributed by atoms with van der Waals surface area (Å²) in [4.78, 5) is 11.9. The van der Waals surface area contributed by atoms with Crippen LogP contribution in [0.15, 0.2) is 30.3 Å². The summed E-state index contributed by atoms with van der Waals surface area (Å²) < 4.78 is 0. The molecule has 3 heteroatoms. The van der Waals surface area contributed by atoms with Crippen LogP contribution in [0.5, 0.6) is 0 Å². The van der Waals surface area contributed by atoms with Crippen LogP contribution >= 0.6 is 0 Å². The lowest BCUT2D eigenvalue weighted by molar-refractivity contribution is -0.122. The Morgan fingerprint density at radius 1 is 1.05 bits per heavy atom. The number of aryl methyl sites for hydroxylation is 1. The van der Waals surface area contributed by atoms with Crippen LogP contribution < -0.4 is 5.32 Å². The maximum absolute atomic E-state index is 11.9. The smallest absolute Gasteiger partial charge is 0.220 e. The molecule has 0 aromatic heterocycles. The van der Waals surface area contributed by atoms with Crippen LogP contribution in [-0.2, 0) is 11.2 Å². The number of rotatable bonds is 7. The van der Waals surface area contributed by atoms with E-state index in [2.05, 4.69) is 29.6 Å². The summed E-state index contributed by atoms with van der Waals surface area (Å²) in [6.45, 7) is 0. The standard InChI is InChI=1S/C18H27NO2/c20-17-13-11-16(12-14-17)19-18(21)10-6-2-5-9-15-7-3-1-4-8-15/h1,3-4,7-8,16-17,20H,2,5-6,9-14H2,(H,19,21). The van der Waals surface area contributed by atoms with E-state index in [0.717, 1.165) is 51.4 Å². The Hall–Kier alpha value is -1.35. The van der Waals surface area contributed by atoms with Crippen LogP contribution in [0.4, 0.5) is 0 Å². The molecule has 1 fully saturated rings. The van der Waals surface area contributed by atoms with Gasteiger partial charge in [0, 0.05) is 12.5 Å². The molecule has 0 saturated heterocycles. The molecule has 116 valence electrons. The molecule has 0 bridgehead atoms. The summed E-state index contributed by atoms with van der Waals surface area (Å²) in [6.07, 6.45) is 8.27. The summed E-state index contributed by atoms with van der Waals surface area (Å²) in [5, 5.41) is 12.5. The van der Waals surface area contributed by atoms with Gasteiger partial charge in [-0.3, -0.25) is 4.79 Å². The zero-order chi connectivity index (χ0) is 14.9. The van der Waals surface area contributed by atoms with Gasteiger partial charge >= 0.3 is 0 Å². The van der Waals surface area contributed by atoms with Crippen molar-refractivity contribution in [3.05, 3.63) is 35.9 Å². The molecule has 1 saturated carbocycles. The van der Waals surface area contributed by atoms with Gasteiger partial charge in [-0.15, -0.1) is 0 Å². The van der Waals surface area contributed by atoms with Gasteiger partial charge in [0.05, 0.1) is 6.10 Å². The Balaban J connectivity index is 1.51. The maximum atomic E-state index is 11.9. The number of carbonyl (C=O) groups is 1. The predicted molar refractivity (Wildman–Crippen MR) is 85.0 cm³/mol. The molecule has 0 aliphatic heterocycles. The first-order chi connectivity index (χ1) is 10.2. The minimum atomic E-state index is -0.156. The third-order valence-electron chi connectivity index (χ3n) is 4.27. The first kappa shape index (κ1) is 16.0. The van der Waals surface area contributed by atoms with Crippen LogP contribution in [-0.4, -0.2) is 23.2 Å². The van der Waals surface area contributed by atoms with Gasteiger partial charge in [-0.25, -0.2) is 0 Å². The Bertz CT molecular complexity index is 410. The lowest BCUT2D eigenvalue weighted by Crippen LogP contribution is -2.38.